The summed E-state index contributed by atoms with van der Waals surface area (Å²) in [5.41, 5.74) is 5.43. The van der Waals surface area contributed by atoms with Crippen molar-refractivity contribution in [3.63, 3.8) is 0 Å². The minimum atomic E-state index is -0.226. The van der Waals surface area contributed by atoms with Crippen molar-refractivity contribution >= 4 is 69.1 Å². The number of amides is 1. The van der Waals surface area contributed by atoms with Gasteiger partial charge in [-0.15, -0.1) is 5.10 Å². The number of nitrogens with zero attached hydrogens (tertiary/aromatic N) is 3. The van der Waals surface area contributed by atoms with Crippen molar-refractivity contribution in [1.82, 2.24) is 15.6 Å². The van der Waals surface area contributed by atoms with E-state index in [1.807, 2.05) is 12.1 Å². The molecule has 1 fully saturated rings. The van der Waals surface area contributed by atoms with E-state index in [0.29, 0.717) is 11.6 Å². The Morgan fingerprint density at radius 1 is 1.26 bits per heavy atom. The van der Waals surface area contributed by atoms with Crippen LogP contribution in [0.2, 0.25) is 0 Å². The molecule has 0 radical (unpaired) electrons. The van der Waals surface area contributed by atoms with E-state index in [2.05, 4.69) is 102 Å². The predicted molar refractivity (Wildman–Crippen MR) is 151 cm³/mol. The summed E-state index contributed by atoms with van der Waals surface area (Å²) in [5.74, 6) is 1.10. The second kappa shape index (κ2) is 11.8. The SMILES string of the molecule is Cc1ccc(-c2[nH]nc(SCC(=O)NN=Cc3cc(I)cc(I)c3O)[n+]2C2CCCCC2)cc1. The molecule has 1 aromatic heterocycles. The molecule has 0 bridgehead atoms. The molecule has 1 amide bonds. The van der Waals surface area contributed by atoms with Crippen molar-refractivity contribution in [3.05, 3.63) is 54.7 Å². The van der Waals surface area contributed by atoms with Gasteiger partial charge in [0.1, 0.15) is 5.75 Å². The smallest absolute Gasteiger partial charge is 0.337 e. The van der Waals surface area contributed by atoms with Crippen LogP contribution in [0.5, 0.6) is 5.75 Å². The fourth-order valence-electron chi connectivity index (χ4n) is 4.02. The lowest BCUT2D eigenvalue weighted by atomic mass is 9.95. The molecule has 0 unspecified atom stereocenters. The van der Waals surface area contributed by atoms with Gasteiger partial charge in [-0.05, 0) is 114 Å². The zero-order valence-electron chi connectivity index (χ0n) is 18.7. The van der Waals surface area contributed by atoms with Gasteiger partial charge in [-0.1, -0.05) is 24.1 Å². The molecule has 10 heteroatoms. The Hall–Kier alpha value is -1.67. The first kappa shape index (κ1) is 25.4. The molecule has 7 nitrogen and oxygen atoms in total. The number of H-pyrrole nitrogens is 1. The van der Waals surface area contributed by atoms with E-state index in [0.717, 1.165) is 36.5 Å². The Kier molecular flexibility index (Phi) is 8.86. The van der Waals surface area contributed by atoms with E-state index < -0.39 is 0 Å². The third-order valence-electron chi connectivity index (χ3n) is 5.75. The highest BCUT2D eigenvalue weighted by atomic mass is 127. The first-order valence-electron chi connectivity index (χ1n) is 11.1. The molecule has 3 aromatic rings. The summed E-state index contributed by atoms with van der Waals surface area (Å²) in [6.07, 6.45) is 7.39. The number of phenolic OH excluding ortho intramolecular Hbond substituents is 1. The molecule has 1 aliphatic carbocycles. The van der Waals surface area contributed by atoms with Gasteiger partial charge in [0.25, 0.3) is 11.7 Å². The van der Waals surface area contributed by atoms with Gasteiger partial charge in [0.05, 0.1) is 32.2 Å². The predicted octanol–water partition coefficient (Wildman–Crippen LogP) is 5.34. The van der Waals surface area contributed by atoms with E-state index in [4.69, 9.17) is 0 Å². The second-order valence-corrected chi connectivity index (χ2v) is 11.6. The van der Waals surface area contributed by atoms with Crippen molar-refractivity contribution in [2.45, 2.75) is 50.2 Å². The Morgan fingerprint density at radius 3 is 2.74 bits per heavy atom. The normalized spacial score (nSPS) is 14.6. The van der Waals surface area contributed by atoms with Crippen molar-refractivity contribution < 1.29 is 14.5 Å². The number of aromatic nitrogens is 3. The molecule has 1 heterocycles. The van der Waals surface area contributed by atoms with Crippen molar-refractivity contribution in [2.24, 2.45) is 5.10 Å². The number of phenols is 1. The quantitative estimate of drug-likeness (QED) is 0.102. The van der Waals surface area contributed by atoms with Crippen LogP contribution in [0.3, 0.4) is 0 Å². The summed E-state index contributed by atoms with van der Waals surface area (Å²) in [4.78, 5) is 12.5. The van der Waals surface area contributed by atoms with E-state index in [1.54, 1.807) is 0 Å². The molecule has 3 N–H and O–H groups in total. The van der Waals surface area contributed by atoms with Crippen LogP contribution in [-0.2, 0) is 4.79 Å². The van der Waals surface area contributed by atoms with Gasteiger partial charge in [-0.25, -0.2) is 9.99 Å². The summed E-state index contributed by atoms with van der Waals surface area (Å²) >= 11 is 5.66. The largest absolute Gasteiger partial charge is 0.506 e. The van der Waals surface area contributed by atoms with Crippen molar-refractivity contribution in [1.29, 1.82) is 0 Å². The van der Waals surface area contributed by atoms with Gasteiger partial charge in [0, 0.05) is 9.13 Å². The lowest BCUT2D eigenvalue weighted by Crippen LogP contribution is -2.43. The molecule has 2 aromatic carbocycles. The second-order valence-electron chi connectivity index (χ2n) is 8.29. The highest BCUT2D eigenvalue weighted by Gasteiger charge is 2.30. The zero-order chi connectivity index (χ0) is 24.1. The first-order valence-corrected chi connectivity index (χ1v) is 14.3. The number of rotatable bonds is 7. The number of hydrogen-bond acceptors (Lipinski definition) is 5. The van der Waals surface area contributed by atoms with Crippen LogP contribution in [-0.4, -0.2) is 33.2 Å². The van der Waals surface area contributed by atoms with Gasteiger partial charge in [-0.3, -0.25) is 4.79 Å². The maximum absolute atomic E-state index is 12.5. The molecule has 0 spiro atoms. The minimum Gasteiger partial charge on any atom is -0.506 e. The molecule has 4 rings (SSSR count). The van der Waals surface area contributed by atoms with Crippen LogP contribution in [0, 0.1) is 14.1 Å². The maximum atomic E-state index is 12.5. The fourth-order valence-corrected chi connectivity index (χ4v) is 6.72. The van der Waals surface area contributed by atoms with E-state index in [-0.39, 0.29) is 17.4 Å². The molecule has 1 aliphatic rings. The molecule has 34 heavy (non-hydrogen) atoms. The Morgan fingerprint density at radius 2 is 2.00 bits per heavy atom. The van der Waals surface area contributed by atoms with Crippen LogP contribution in [0.1, 0.15) is 49.3 Å². The Bertz CT molecular complexity index is 1190. The molecule has 178 valence electrons. The number of carbonyl (C=O) groups excluding carboxylic acids is 1. The molecule has 0 saturated heterocycles. The average Bonchev–Trinajstić information content (AvgIpc) is 3.25. The number of hydrazone groups is 1. The van der Waals surface area contributed by atoms with Crippen LogP contribution >= 0.6 is 56.9 Å². The lowest BCUT2D eigenvalue weighted by molar-refractivity contribution is -0.749. The van der Waals surface area contributed by atoms with Gasteiger partial charge in [-0.2, -0.15) is 5.10 Å². The molecule has 1 saturated carbocycles. The van der Waals surface area contributed by atoms with Crippen molar-refractivity contribution in [3.8, 4) is 17.1 Å². The Balaban J connectivity index is 1.46. The minimum absolute atomic E-state index is 0.155. The van der Waals surface area contributed by atoms with Crippen LogP contribution in [0.25, 0.3) is 11.4 Å². The number of halogens is 2. The van der Waals surface area contributed by atoms with Gasteiger partial charge in [0.2, 0.25) is 0 Å². The first-order chi connectivity index (χ1) is 16.4. The number of aromatic amines is 1. The third-order valence-corrected chi connectivity index (χ3v) is 8.15. The lowest BCUT2D eigenvalue weighted by Gasteiger charge is -2.21. The van der Waals surface area contributed by atoms with Crippen LogP contribution in [0.15, 0.2) is 46.7 Å². The molecular formula is C24H26I2N5O2S+. The zero-order valence-corrected chi connectivity index (χ0v) is 23.9. The van der Waals surface area contributed by atoms with E-state index in [9.17, 15) is 9.90 Å². The average molecular weight is 702 g/mol. The number of hydrogen-bond donors (Lipinski definition) is 3. The van der Waals surface area contributed by atoms with E-state index in [1.165, 1.54) is 42.8 Å². The number of carbonyl (C=O) groups is 1. The number of benzene rings is 2. The van der Waals surface area contributed by atoms with Crippen molar-refractivity contribution in [2.75, 3.05) is 5.75 Å². The monoisotopic (exact) mass is 702 g/mol. The summed E-state index contributed by atoms with van der Waals surface area (Å²) in [6, 6.07) is 12.5. The highest BCUT2D eigenvalue weighted by molar-refractivity contribution is 14.1. The molecule has 0 aliphatic heterocycles. The number of nitrogens with one attached hydrogen (secondary N) is 2. The summed E-state index contributed by atoms with van der Waals surface area (Å²) < 4.78 is 4.00. The standard InChI is InChI=1S/C24H25I2N5O2S/c1-15-7-9-16(10-8-15)23-29-30-24(31(23)19-5-3-2-4-6-19)34-14-21(32)28-27-13-17-11-18(25)12-20(26)22(17)33/h7-13,19H,2-6,14H2,1H3,(H2,27,28,32,33)/p+1. The number of aromatic hydroxyl groups is 1. The fraction of sp³-hybridized carbons (Fsp3) is 0.333. The maximum Gasteiger partial charge on any atom is 0.337 e. The van der Waals surface area contributed by atoms with E-state index >= 15 is 0 Å². The van der Waals surface area contributed by atoms with Gasteiger partial charge < -0.3 is 5.11 Å². The van der Waals surface area contributed by atoms with Gasteiger partial charge >= 0.3 is 5.16 Å². The topological polar surface area (TPSA) is 94.2 Å². The number of aryl methyl sites for hydroxylation is 1. The molecule has 0 atom stereocenters. The summed E-state index contributed by atoms with van der Waals surface area (Å²) in [6.45, 7) is 2.08. The van der Waals surface area contributed by atoms with Crippen LogP contribution in [0.4, 0.5) is 0 Å². The van der Waals surface area contributed by atoms with Crippen LogP contribution < -0.4 is 9.99 Å². The summed E-state index contributed by atoms with van der Waals surface area (Å²) in [5, 5.41) is 22.8. The molecular weight excluding hydrogens is 676 g/mol. The highest BCUT2D eigenvalue weighted by Crippen LogP contribution is 2.29. The Labute approximate surface area is 230 Å². The third kappa shape index (κ3) is 6.30. The summed E-state index contributed by atoms with van der Waals surface area (Å²) in [7, 11) is 0. The van der Waals surface area contributed by atoms with Gasteiger partial charge in [0.15, 0.2) is 0 Å². The number of thioether (sulfide) groups is 1.